The third kappa shape index (κ3) is 4.50. The fourth-order valence-electron chi connectivity index (χ4n) is 1.87. The predicted molar refractivity (Wildman–Crippen MR) is 82.8 cm³/mol. The predicted octanol–water partition coefficient (Wildman–Crippen LogP) is 0.562. The first-order valence-electron chi connectivity index (χ1n) is 7.00. The summed E-state index contributed by atoms with van der Waals surface area (Å²) in [5, 5.41) is 6.43. The van der Waals surface area contributed by atoms with Crippen LogP contribution in [0.15, 0.2) is 41.2 Å². The molecule has 0 unspecified atom stereocenters. The van der Waals surface area contributed by atoms with Gasteiger partial charge in [-0.25, -0.2) is 9.48 Å². The number of benzene rings is 1. The molecule has 0 saturated heterocycles. The van der Waals surface area contributed by atoms with Crippen molar-refractivity contribution in [2.45, 2.75) is 13.5 Å². The van der Waals surface area contributed by atoms with Gasteiger partial charge in [0, 0.05) is 19.7 Å². The number of aromatic nitrogens is 2. The van der Waals surface area contributed by atoms with Crippen LogP contribution in [0.2, 0.25) is 0 Å². The molecule has 2 aromatic rings. The van der Waals surface area contributed by atoms with Gasteiger partial charge in [-0.3, -0.25) is 9.59 Å². The van der Waals surface area contributed by atoms with Crippen molar-refractivity contribution in [3.63, 3.8) is 0 Å². The van der Waals surface area contributed by atoms with Crippen molar-refractivity contribution in [1.82, 2.24) is 15.1 Å². The second-order valence-electron chi connectivity index (χ2n) is 4.96. The number of hydrogen-bond acceptors (Lipinski definition) is 5. The molecule has 1 heterocycles. The van der Waals surface area contributed by atoms with E-state index in [2.05, 4.69) is 10.4 Å². The lowest BCUT2D eigenvalue weighted by Crippen LogP contribution is -2.29. The Kier molecular flexibility index (Phi) is 5.24. The molecule has 0 spiro atoms. The van der Waals surface area contributed by atoms with E-state index in [1.54, 1.807) is 0 Å². The highest BCUT2D eigenvalue weighted by molar-refractivity contribution is 5.89. The highest BCUT2D eigenvalue weighted by Gasteiger charge is 2.12. The number of esters is 1. The summed E-state index contributed by atoms with van der Waals surface area (Å²) in [6, 6.07) is 10.1. The van der Waals surface area contributed by atoms with E-state index in [4.69, 9.17) is 4.74 Å². The lowest BCUT2D eigenvalue weighted by molar-refractivity contribution is -0.124. The van der Waals surface area contributed by atoms with Crippen LogP contribution in [0.4, 0.5) is 0 Å². The van der Waals surface area contributed by atoms with Crippen LogP contribution in [-0.2, 0) is 23.1 Å². The number of carbonyl (C=O) groups is 2. The van der Waals surface area contributed by atoms with E-state index in [1.165, 1.54) is 19.2 Å². The van der Waals surface area contributed by atoms with E-state index in [0.717, 1.165) is 15.8 Å². The first-order chi connectivity index (χ1) is 11.0. The maximum atomic E-state index is 11.8. The first-order valence-corrected chi connectivity index (χ1v) is 7.00. The molecule has 0 aliphatic carbocycles. The number of nitrogens with zero attached hydrogens (tertiary/aromatic N) is 2. The number of ether oxygens (including phenoxy) is 1. The minimum atomic E-state index is -0.758. The molecule has 2 rings (SSSR count). The summed E-state index contributed by atoms with van der Waals surface area (Å²) in [5.74, 6) is -1.17. The molecule has 0 fully saturated rings. The first kappa shape index (κ1) is 16.4. The quantitative estimate of drug-likeness (QED) is 0.814. The number of aryl methyl sites for hydroxylation is 2. The SMILES string of the molecule is Cc1ccccc1CNC(=O)COC(=O)c1ccc(=O)n(C)n1. The van der Waals surface area contributed by atoms with Crippen molar-refractivity contribution in [2.75, 3.05) is 6.61 Å². The van der Waals surface area contributed by atoms with Gasteiger partial charge in [0.15, 0.2) is 12.3 Å². The highest BCUT2D eigenvalue weighted by atomic mass is 16.5. The van der Waals surface area contributed by atoms with Crippen LogP contribution >= 0.6 is 0 Å². The molecule has 120 valence electrons. The maximum Gasteiger partial charge on any atom is 0.359 e. The monoisotopic (exact) mass is 315 g/mol. The summed E-state index contributed by atoms with van der Waals surface area (Å²) < 4.78 is 5.90. The zero-order valence-corrected chi connectivity index (χ0v) is 12.9. The van der Waals surface area contributed by atoms with Crippen LogP contribution in [0.3, 0.4) is 0 Å². The fourth-order valence-corrected chi connectivity index (χ4v) is 1.87. The molecule has 1 aromatic carbocycles. The molecule has 7 nitrogen and oxygen atoms in total. The van der Waals surface area contributed by atoms with E-state index >= 15 is 0 Å². The van der Waals surface area contributed by atoms with Crippen molar-refractivity contribution < 1.29 is 14.3 Å². The normalized spacial score (nSPS) is 10.2. The minimum Gasteiger partial charge on any atom is -0.451 e. The molecule has 7 heteroatoms. The molecule has 0 radical (unpaired) electrons. The Labute approximate surface area is 132 Å². The smallest absolute Gasteiger partial charge is 0.359 e. The molecule has 0 saturated carbocycles. The van der Waals surface area contributed by atoms with Gasteiger partial charge in [-0.1, -0.05) is 24.3 Å². The Morgan fingerprint density at radius 3 is 2.65 bits per heavy atom. The van der Waals surface area contributed by atoms with Gasteiger partial charge in [0.1, 0.15) is 0 Å². The summed E-state index contributed by atoms with van der Waals surface area (Å²) in [6.45, 7) is 1.91. The van der Waals surface area contributed by atoms with Gasteiger partial charge in [-0.15, -0.1) is 0 Å². The average Bonchev–Trinajstić information content (AvgIpc) is 2.54. The zero-order valence-electron chi connectivity index (χ0n) is 12.9. The summed E-state index contributed by atoms with van der Waals surface area (Å²) in [5.41, 5.74) is 1.70. The molecular weight excluding hydrogens is 298 g/mol. The van der Waals surface area contributed by atoms with E-state index < -0.39 is 18.5 Å². The molecule has 0 aliphatic heterocycles. The Morgan fingerprint density at radius 2 is 1.96 bits per heavy atom. The van der Waals surface area contributed by atoms with Gasteiger partial charge in [-0.05, 0) is 24.1 Å². The topological polar surface area (TPSA) is 90.3 Å². The Hall–Kier alpha value is -2.96. The van der Waals surface area contributed by atoms with Gasteiger partial charge in [-0.2, -0.15) is 5.10 Å². The molecular formula is C16H17N3O4. The zero-order chi connectivity index (χ0) is 16.8. The molecule has 1 aromatic heterocycles. The Bertz CT molecular complexity index is 783. The molecule has 0 aliphatic rings. The van der Waals surface area contributed by atoms with Crippen molar-refractivity contribution in [2.24, 2.45) is 7.05 Å². The third-order valence-electron chi connectivity index (χ3n) is 3.24. The molecule has 0 atom stereocenters. The van der Waals surface area contributed by atoms with Crippen molar-refractivity contribution >= 4 is 11.9 Å². The molecule has 23 heavy (non-hydrogen) atoms. The maximum absolute atomic E-state index is 11.8. The summed E-state index contributed by atoms with van der Waals surface area (Å²) >= 11 is 0. The van der Waals surface area contributed by atoms with Crippen LogP contribution in [0.5, 0.6) is 0 Å². The van der Waals surface area contributed by atoms with E-state index in [9.17, 15) is 14.4 Å². The van der Waals surface area contributed by atoms with Gasteiger partial charge in [0.2, 0.25) is 0 Å². The lowest BCUT2D eigenvalue weighted by atomic mass is 10.1. The molecule has 1 amide bonds. The number of rotatable bonds is 5. The van der Waals surface area contributed by atoms with E-state index in [1.807, 2.05) is 31.2 Å². The van der Waals surface area contributed by atoms with E-state index in [-0.39, 0.29) is 11.3 Å². The number of hydrogen-bond donors (Lipinski definition) is 1. The third-order valence-corrected chi connectivity index (χ3v) is 3.24. The Morgan fingerprint density at radius 1 is 1.22 bits per heavy atom. The fraction of sp³-hybridized carbons (Fsp3) is 0.250. The summed E-state index contributed by atoms with van der Waals surface area (Å²) in [6.07, 6.45) is 0. The number of nitrogens with one attached hydrogen (secondary N) is 1. The van der Waals surface area contributed by atoms with Crippen LogP contribution in [-0.4, -0.2) is 28.3 Å². The summed E-state index contributed by atoms with van der Waals surface area (Å²) in [7, 11) is 1.42. The standard InChI is InChI=1S/C16H17N3O4/c1-11-5-3-4-6-12(11)9-17-14(20)10-23-16(22)13-7-8-15(21)19(2)18-13/h3-8H,9-10H2,1-2H3,(H,17,20). The van der Waals surface area contributed by atoms with Crippen LogP contribution in [0.1, 0.15) is 21.6 Å². The van der Waals surface area contributed by atoms with Crippen molar-refractivity contribution in [3.8, 4) is 0 Å². The van der Waals surface area contributed by atoms with Crippen LogP contribution in [0.25, 0.3) is 0 Å². The molecule has 1 N–H and O–H groups in total. The average molecular weight is 315 g/mol. The van der Waals surface area contributed by atoms with Gasteiger partial charge in [0.25, 0.3) is 11.5 Å². The lowest BCUT2D eigenvalue weighted by Gasteiger charge is -2.08. The largest absolute Gasteiger partial charge is 0.451 e. The number of amides is 1. The minimum absolute atomic E-state index is 0.0289. The highest BCUT2D eigenvalue weighted by Crippen LogP contribution is 2.05. The van der Waals surface area contributed by atoms with Gasteiger partial charge < -0.3 is 10.1 Å². The van der Waals surface area contributed by atoms with Crippen LogP contribution < -0.4 is 10.9 Å². The second-order valence-corrected chi connectivity index (χ2v) is 4.96. The summed E-state index contributed by atoms with van der Waals surface area (Å²) in [4.78, 5) is 34.7. The Balaban J connectivity index is 1.84. The van der Waals surface area contributed by atoms with Gasteiger partial charge >= 0.3 is 5.97 Å². The van der Waals surface area contributed by atoms with Crippen molar-refractivity contribution in [3.05, 3.63) is 63.6 Å². The van der Waals surface area contributed by atoms with Crippen LogP contribution in [0, 0.1) is 6.92 Å². The molecule has 0 bridgehead atoms. The van der Waals surface area contributed by atoms with E-state index in [0.29, 0.717) is 6.54 Å². The second kappa shape index (κ2) is 7.35. The van der Waals surface area contributed by atoms with Crippen molar-refractivity contribution in [1.29, 1.82) is 0 Å². The van der Waals surface area contributed by atoms with Gasteiger partial charge in [0.05, 0.1) is 0 Å². The number of carbonyl (C=O) groups excluding carboxylic acids is 2.